The Bertz CT molecular complexity index is 967. The summed E-state index contributed by atoms with van der Waals surface area (Å²) in [7, 11) is -9.61. The lowest BCUT2D eigenvalue weighted by Gasteiger charge is -2.19. The molecule has 0 fully saturated rings. The van der Waals surface area contributed by atoms with E-state index in [0.29, 0.717) is 0 Å². The highest BCUT2D eigenvalue weighted by Crippen LogP contribution is 2.62. The van der Waals surface area contributed by atoms with Crippen LogP contribution in [0.5, 0.6) is 17.2 Å². The van der Waals surface area contributed by atoms with Gasteiger partial charge in [0.25, 0.3) is 0 Å². The molecule has 28 heavy (non-hydrogen) atoms. The Balaban J connectivity index is 1.78. The highest BCUT2D eigenvalue weighted by molar-refractivity contribution is 7.62. The van der Waals surface area contributed by atoms with E-state index in [9.17, 15) is 14.0 Å². The summed E-state index contributed by atoms with van der Waals surface area (Å²) in [5.41, 5.74) is 0. The summed E-state index contributed by atoms with van der Waals surface area (Å²) in [4.78, 5) is 14.9. The Kier molecular flexibility index (Phi) is 6.52. The topological polar surface area (TPSA) is 101 Å². The van der Waals surface area contributed by atoms with E-state index in [0.717, 1.165) is 0 Å². The lowest BCUT2D eigenvalue weighted by atomic mass is 10.3. The van der Waals surface area contributed by atoms with Crippen molar-refractivity contribution in [3.63, 3.8) is 0 Å². The van der Waals surface area contributed by atoms with Gasteiger partial charge in [-0.3, -0.25) is 4.89 Å². The molecule has 2 atom stereocenters. The van der Waals surface area contributed by atoms with Gasteiger partial charge in [0.2, 0.25) is 0 Å². The molecule has 0 aliphatic rings. The largest absolute Gasteiger partial charge is 0.576 e. The first-order valence-electron chi connectivity index (χ1n) is 7.99. The van der Waals surface area contributed by atoms with Gasteiger partial charge in [-0.1, -0.05) is 59.3 Å². The summed E-state index contributed by atoms with van der Waals surface area (Å²) in [5, 5.41) is 0. The maximum absolute atomic E-state index is 13.0. The monoisotopic (exact) mass is 422 g/mol. The van der Waals surface area contributed by atoms with Crippen molar-refractivity contribution < 1.29 is 36.9 Å². The fraction of sp³-hybridized carbons (Fsp3) is 0. The van der Waals surface area contributed by atoms with Gasteiger partial charge in [-0.2, -0.15) is 4.31 Å². The molecular formula is C18H16O8P2. The summed E-state index contributed by atoms with van der Waals surface area (Å²) in [5.74, 6) is 0.283. The third-order valence-electron chi connectivity index (χ3n) is 3.10. The molecule has 0 saturated heterocycles. The van der Waals surface area contributed by atoms with Crippen molar-refractivity contribution in [2.75, 3.05) is 0 Å². The van der Waals surface area contributed by atoms with Crippen molar-refractivity contribution in [3.05, 3.63) is 91.0 Å². The average Bonchev–Trinajstić information content (AvgIpc) is 2.68. The zero-order chi connectivity index (χ0) is 19.9. The number of phosphoric acid groups is 2. The predicted molar refractivity (Wildman–Crippen MR) is 101 cm³/mol. The minimum absolute atomic E-state index is 0.0311. The Morgan fingerprint density at radius 1 is 0.607 bits per heavy atom. The minimum Gasteiger partial charge on any atom is -0.404 e. The quantitative estimate of drug-likeness (QED) is 0.279. The van der Waals surface area contributed by atoms with Gasteiger partial charge in [-0.05, 0) is 36.4 Å². The second kappa shape index (κ2) is 9.06. The van der Waals surface area contributed by atoms with E-state index in [-0.39, 0.29) is 17.2 Å². The summed E-state index contributed by atoms with van der Waals surface area (Å²) in [6.45, 7) is 0. The van der Waals surface area contributed by atoms with Gasteiger partial charge in [0.15, 0.2) is 5.75 Å². The molecule has 146 valence electrons. The molecule has 0 aromatic heterocycles. The standard InChI is InChI=1S/C18H16O8P2/c19-27(20,23-17-12-6-2-7-13-17)26-28(21,24-18-14-8-3-9-15-18)25-22-16-10-4-1-5-11-16/h1-15H,(H,19,20). The van der Waals surface area contributed by atoms with Crippen molar-refractivity contribution >= 4 is 15.6 Å². The summed E-state index contributed by atoms with van der Waals surface area (Å²) in [6.07, 6.45) is 0. The molecule has 0 bridgehead atoms. The molecule has 3 rings (SSSR count). The fourth-order valence-corrected chi connectivity index (χ4v) is 4.34. The first-order chi connectivity index (χ1) is 13.4. The molecule has 0 aliphatic carbocycles. The van der Waals surface area contributed by atoms with E-state index >= 15 is 0 Å². The Labute approximate surface area is 161 Å². The van der Waals surface area contributed by atoms with Crippen molar-refractivity contribution in [2.45, 2.75) is 0 Å². The van der Waals surface area contributed by atoms with E-state index in [2.05, 4.69) is 0 Å². The van der Waals surface area contributed by atoms with Gasteiger partial charge in [0.05, 0.1) is 0 Å². The van der Waals surface area contributed by atoms with Crippen LogP contribution in [0.2, 0.25) is 0 Å². The number of rotatable bonds is 9. The van der Waals surface area contributed by atoms with Crippen LogP contribution in [0.15, 0.2) is 91.0 Å². The van der Waals surface area contributed by atoms with Gasteiger partial charge in [-0.15, -0.1) is 0 Å². The van der Waals surface area contributed by atoms with Gasteiger partial charge in [-0.25, -0.2) is 9.13 Å². The smallest absolute Gasteiger partial charge is 0.404 e. The maximum atomic E-state index is 13.0. The highest BCUT2D eigenvalue weighted by atomic mass is 31.3. The summed E-state index contributed by atoms with van der Waals surface area (Å²) < 4.78 is 44.9. The van der Waals surface area contributed by atoms with Crippen molar-refractivity contribution in [3.8, 4) is 17.2 Å². The molecule has 8 nitrogen and oxygen atoms in total. The number of benzene rings is 3. The molecule has 10 heteroatoms. The molecule has 3 aromatic rings. The van der Waals surface area contributed by atoms with Crippen LogP contribution in [0.3, 0.4) is 0 Å². The average molecular weight is 422 g/mol. The number of hydrogen-bond donors (Lipinski definition) is 1. The Morgan fingerprint density at radius 2 is 1.04 bits per heavy atom. The molecule has 2 unspecified atom stereocenters. The van der Waals surface area contributed by atoms with Crippen LogP contribution < -0.4 is 13.9 Å². The van der Waals surface area contributed by atoms with E-state index in [1.54, 1.807) is 54.6 Å². The Morgan fingerprint density at radius 3 is 1.54 bits per heavy atom. The number of hydrogen-bond acceptors (Lipinski definition) is 7. The lowest BCUT2D eigenvalue weighted by molar-refractivity contribution is -0.120. The molecule has 0 heterocycles. The second-order valence-electron chi connectivity index (χ2n) is 5.28. The molecule has 0 amide bonds. The SMILES string of the molecule is O=P(O)(Oc1ccccc1)OP(=O)(OOc1ccccc1)Oc1ccccc1. The third kappa shape index (κ3) is 6.23. The summed E-state index contributed by atoms with van der Waals surface area (Å²) in [6, 6.07) is 23.6. The lowest BCUT2D eigenvalue weighted by Crippen LogP contribution is -2.06. The third-order valence-corrected chi connectivity index (χ3v) is 5.85. The van der Waals surface area contributed by atoms with Crippen LogP contribution in [0.25, 0.3) is 0 Å². The zero-order valence-electron chi connectivity index (χ0n) is 14.4. The van der Waals surface area contributed by atoms with Crippen LogP contribution in [0.4, 0.5) is 0 Å². The van der Waals surface area contributed by atoms with E-state index < -0.39 is 15.6 Å². The zero-order valence-corrected chi connectivity index (χ0v) is 16.1. The van der Waals surface area contributed by atoms with Gasteiger partial charge in [0.1, 0.15) is 11.5 Å². The van der Waals surface area contributed by atoms with E-state index in [1.807, 2.05) is 0 Å². The predicted octanol–water partition coefficient (Wildman–Crippen LogP) is 5.38. The molecular weight excluding hydrogens is 406 g/mol. The molecule has 0 saturated carbocycles. The molecule has 1 N–H and O–H groups in total. The van der Waals surface area contributed by atoms with Gasteiger partial charge in [0, 0.05) is 0 Å². The second-order valence-corrected chi connectivity index (χ2v) is 8.28. The van der Waals surface area contributed by atoms with Crippen LogP contribution >= 0.6 is 15.6 Å². The van der Waals surface area contributed by atoms with E-state index in [4.69, 9.17) is 22.9 Å². The first kappa shape index (κ1) is 20.1. The number of para-hydroxylation sites is 3. The van der Waals surface area contributed by atoms with Crippen molar-refractivity contribution in [2.24, 2.45) is 0 Å². The minimum atomic E-state index is -4.89. The van der Waals surface area contributed by atoms with Crippen LogP contribution in [0, 0.1) is 0 Å². The normalized spacial score (nSPS) is 15.0. The Hall–Kier alpha value is -2.60. The molecule has 3 aromatic carbocycles. The van der Waals surface area contributed by atoms with Gasteiger partial charge < -0.3 is 13.9 Å². The van der Waals surface area contributed by atoms with E-state index in [1.165, 1.54) is 36.4 Å². The summed E-state index contributed by atoms with van der Waals surface area (Å²) >= 11 is 0. The van der Waals surface area contributed by atoms with Crippen molar-refractivity contribution in [1.29, 1.82) is 0 Å². The molecule has 0 aliphatic heterocycles. The van der Waals surface area contributed by atoms with Crippen LogP contribution in [-0.4, -0.2) is 4.89 Å². The van der Waals surface area contributed by atoms with Crippen LogP contribution in [0.1, 0.15) is 0 Å². The fourth-order valence-electron chi connectivity index (χ4n) is 1.98. The molecule has 0 radical (unpaired) electrons. The van der Waals surface area contributed by atoms with Crippen LogP contribution in [-0.2, 0) is 18.1 Å². The number of phosphoric ester groups is 1. The van der Waals surface area contributed by atoms with Crippen molar-refractivity contribution in [1.82, 2.24) is 0 Å². The first-order valence-corrected chi connectivity index (χ1v) is 10.9. The maximum Gasteiger partial charge on any atom is 0.576 e. The highest BCUT2D eigenvalue weighted by Gasteiger charge is 2.43. The molecule has 0 spiro atoms. The van der Waals surface area contributed by atoms with Gasteiger partial charge >= 0.3 is 15.6 Å².